The first-order chi connectivity index (χ1) is 17.0. The first-order valence-electron chi connectivity index (χ1n) is 12.1. The Hall–Kier alpha value is -2.16. The van der Waals surface area contributed by atoms with Crippen molar-refractivity contribution in [1.82, 2.24) is 14.2 Å². The minimum Gasteiger partial charge on any atom is -0.493 e. The van der Waals surface area contributed by atoms with Gasteiger partial charge in [-0.05, 0) is 80.4 Å². The van der Waals surface area contributed by atoms with Crippen LogP contribution >= 0.6 is 24.0 Å². The number of ether oxygens (including phenoxy) is 1. The number of hydrogen-bond donors (Lipinski definition) is 0. The molecule has 194 valence electrons. The Kier molecular flexibility index (Phi) is 11.0. The molecule has 0 bridgehead atoms. The van der Waals surface area contributed by atoms with Crippen molar-refractivity contribution >= 4 is 34.0 Å². The largest absolute Gasteiger partial charge is 0.493 e. The lowest BCUT2D eigenvalue weighted by Gasteiger charge is -2.26. The van der Waals surface area contributed by atoms with Gasteiger partial charge in [-0.2, -0.15) is 4.31 Å². The van der Waals surface area contributed by atoms with Crippen LogP contribution in [0, 0.1) is 0 Å². The molecule has 4 rings (SSSR count). The molecular weight excluding hydrogens is 517 g/mol. The minimum atomic E-state index is -3.78. The lowest BCUT2D eigenvalue weighted by Crippen LogP contribution is -2.31. The van der Waals surface area contributed by atoms with E-state index in [0.717, 1.165) is 29.8 Å². The Morgan fingerprint density at radius 3 is 2.33 bits per heavy atom. The molecular formula is C27H33Cl2N3O3S. The maximum Gasteiger partial charge on any atom is 0.243 e. The summed E-state index contributed by atoms with van der Waals surface area (Å²) in [6.07, 6.45) is 8.16. The van der Waals surface area contributed by atoms with Gasteiger partial charge in [0.1, 0.15) is 5.75 Å². The molecule has 36 heavy (non-hydrogen) atoms. The third kappa shape index (κ3) is 7.92. The number of aromatic nitrogens is 1. The molecule has 0 atom stereocenters. The summed E-state index contributed by atoms with van der Waals surface area (Å²) < 4.78 is 34.9. The van der Waals surface area contributed by atoms with Crippen molar-refractivity contribution < 1.29 is 13.2 Å². The molecule has 0 unspecified atom stereocenters. The van der Waals surface area contributed by atoms with Crippen LogP contribution in [0.3, 0.4) is 0 Å². The van der Waals surface area contributed by atoms with Crippen LogP contribution in [0.1, 0.15) is 36.8 Å². The molecule has 0 N–H and O–H groups in total. The fraction of sp³-hybridized carbons (Fsp3) is 0.370. The van der Waals surface area contributed by atoms with E-state index in [4.69, 9.17) is 16.3 Å². The summed E-state index contributed by atoms with van der Waals surface area (Å²) in [5.74, 6) is 0.720. The predicted octanol–water partition coefficient (Wildman–Crippen LogP) is 5.80. The van der Waals surface area contributed by atoms with Crippen LogP contribution in [0.25, 0.3) is 0 Å². The highest BCUT2D eigenvalue weighted by Gasteiger charge is 2.26. The average Bonchev–Trinajstić information content (AvgIpc) is 2.88. The van der Waals surface area contributed by atoms with E-state index in [1.807, 2.05) is 36.4 Å². The number of para-hydroxylation sites is 1. The van der Waals surface area contributed by atoms with Gasteiger partial charge >= 0.3 is 0 Å². The van der Waals surface area contributed by atoms with Gasteiger partial charge in [0.25, 0.3) is 0 Å². The van der Waals surface area contributed by atoms with E-state index in [1.165, 1.54) is 36.7 Å². The molecule has 3 aromatic rings. The predicted molar refractivity (Wildman–Crippen MR) is 146 cm³/mol. The van der Waals surface area contributed by atoms with Crippen LogP contribution in [0.2, 0.25) is 5.02 Å². The molecule has 0 spiro atoms. The number of pyridine rings is 1. The maximum atomic E-state index is 13.6. The molecule has 0 saturated carbocycles. The van der Waals surface area contributed by atoms with Crippen molar-refractivity contribution in [3.05, 3.63) is 89.2 Å². The maximum absolute atomic E-state index is 13.6. The van der Waals surface area contributed by atoms with Crippen LogP contribution in [-0.2, 0) is 23.1 Å². The van der Waals surface area contributed by atoms with Gasteiger partial charge in [0.2, 0.25) is 10.0 Å². The molecule has 1 aliphatic heterocycles. The number of nitrogens with zero attached hydrogens (tertiary/aromatic N) is 3. The second kappa shape index (κ2) is 14.0. The summed E-state index contributed by atoms with van der Waals surface area (Å²) in [5, 5.41) is 0.493. The van der Waals surface area contributed by atoms with Crippen LogP contribution in [0.4, 0.5) is 0 Å². The van der Waals surface area contributed by atoms with Gasteiger partial charge in [0.05, 0.1) is 11.5 Å². The molecule has 1 fully saturated rings. The van der Waals surface area contributed by atoms with Gasteiger partial charge in [-0.3, -0.25) is 4.98 Å². The molecule has 6 nitrogen and oxygen atoms in total. The van der Waals surface area contributed by atoms with E-state index >= 15 is 0 Å². The van der Waals surface area contributed by atoms with E-state index < -0.39 is 10.0 Å². The summed E-state index contributed by atoms with van der Waals surface area (Å²) in [5.41, 5.74) is 1.69. The molecule has 0 amide bonds. The third-order valence-corrected chi connectivity index (χ3v) is 8.26. The van der Waals surface area contributed by atoms with Crippen LogP contribution in [-0.4, -0.2) is 48.8 Å². The average molecular weight is 551 g/mol. The second-order valence-corrected chi connectivity index (χ2v) is 11.2. The van der Waals surface area contributed by atoms with E-state index in [0.29, 0.717) is 11.6 Å². The van der Waals surface area contributed by atoms with Crippen molar-refractivity contribution in [3.8, 4) is 5.75 Å². The molecule has 0 radical (unpaired) electrons. The lowest BCUT2D eigenvalue weighted by molar-refractivity contribution is 0.204. The van der Waals surface area contributed by atoms with E-state index in [1.54, 1.807) is 36.7 Å². The molecule has 1 aromatic heterocycles. The van der Waals surface area contributed by atoms with E-state index in [2.05, 4.69) is 9.88 Å². The minimum absolute atomic E-state index is 0. The fourth-order valence-corrected chi connectivity index (χ4v) is 5.82. The fourth-order valence-electron chi connectivity index (χ4n) is 4.29. The monoisotopic (exact) mass is 549 g/mol. The summed E-state index contributed by atoms with van der Waals surface area (Å²) in [6.45, 7) is 4.38. The molecule has 9 heteroatoms. The first kappa shape index (κ1) is 28.4. The zero-order valence-electron chi connectivity index (χ0n) is 20.3. The smallest absolute Gasteiger partial charge is 0.243 e. The quantitative estimate of drug-likeness (QED) is 0.283. The number of likely N-dealkylation sites (tertiary alicyclic amines) is 1. The zero-order valence-corrected chi connectivity index (χ0v) is 22.6. The Labute approximate surface area is 225 Å². The highest BCUT2D eigenvalue weighted by molar-refractivity contribution is 7.89. The van der Waals surface area contributed by atoms with Crippen molar-refractivity contribution in [2.24, 2.45) is 0 Å². The molecule has 0 aliphatic carbocycles. The van der Waals surface area contributed by atoms with Crippen molar-refractivity contribution in [1.29, 1.82) is 0 Å². The highest BCUT2D eigenvalue weighted by Crippen LogP contribution is 2.26. The standard InChI is InChI=1S/C27H32ClN3O3S.ClH/c28-25-9-11-26(12-10-25)35(32,33)31(21-23-13-15-29-16-14-23)22-24-7-2-3-8-27(24)34-20-6-19-30-17-4-1-5-18-30;/h2-3,7-16H,1,4-6,17-22H2;1H. The third-order valence-electron chi connectivity index (χ3n) is 6.20. The van der Waals surface area contributed by atoms with E-state index in [9.17, 15) is 8.42 Å². The Morgan fingerprint density at radius 2 is 1.61 bits per heavy atom. The van der Waals surface area contributed by atoms with Crippen molar-refractivity contribution in [2.45, 2.75) is 43.7 Å². The SMILES string of the molecule is Cl.O=S(=O)(c1ccc(Cl)cc1)N(Cc1ccncc1)Cc1ccccc1OCCCN1CCCCC1. The first-order valence-corrected chi connectivity index (χ1v) is 13.9. The van der Waals surface area contributed by atoms with Gasteiger partial charge in [0.15, 0.2) is 0 Å². The summed E-state index contributed by atoms with van der Waals surface area (Å²) in [7, 11) is -3.78. The molecule has 1 aliphatic rings. The Bertz CT molecular complexity index is 1170. The molecule has 1 saturated heterocycles. The number of halogens is 2. The topological polar surface area (TPSA) is 62.7 Å². The summed E-state index contributed by atoms with van der Waals surface area (Å²) in [4.78, 5) is 6.75. The van der Waals surface area contributed by atoms with Crippen molar-refractivity contribution in [3.63, 3.8) is 0 Å². The Balaban J connectivity index is 0.00000361. The summed E-state index contributed by atoms with van der Waals surface area (Å²) in [6, 6.07) is 17.6. The van der Waals surface area contributed by atoms with Gasteiger partial charge in [-0.25, -0.2) is 8.42 Å². The van der Waals surface area contributed by atoms with Gasteiger partial charge in [-0.1, -0.05) is 36.2 Å². The van der Waals surface area contributed by atoms with E-state index in [-0.39, 0.29) is 30.4 Å². The summed E-state index contributed by atoms with van der Waals surface area (Å²) >= 11 is 6.00. The number of piperidine rings is 1. The number of hydrogen-bond acceptors (Lipinski definition) is 5. The zero-order chi connectivity index (χ0) is 24.5. The number of sulfonamides is 1. The highest BCUT2D eigenvalue weighted by atomic mass is 35.5. The van der Waals surface area contributed by atoms with Crippen LogP contribution in [0.5, 0.6) is 5.75 Å². The van der Waals surface area contributed by atoms with Crippen LogP contribution < -0.4 is 4.74 Å². The second-order valence-electron chi connectivity index (χ2n) is 8.79. The molecule has 2 heterocycles. The number of rotatable bonds is 11. The van der Waals surface area contributed by atoms with Crippen molar-refractivity contribution in [2.75, 3.05) is 26.2 Å². The normalized spacial score (nSPS) is 14.4. The van der Waals surface area contributed by atoms with Gasteiger partial charge in [0, 0.05) is 42.6 Å². The number of benzene rings is 2. The van der Waals surface area contributed by atoms with Gasteiger partial charge < -0.3 is 9.64 Å². The lowest BCUT2D eigenvalue weighted by atomic mass is 10.1. The van der Waals surface area contributed by atoms with Crippen LogP contribution in [0.15, 0.2) is 78.0 Å². The molecule has 2 aromatic carbocycles. The van der Waals surface area contributed by atoms with Gasteiger partial charge in [-0.15, -0.1) is 12.4 Å². The Morgan fingerprint density at radius 1 is 0.917 bits per heavy atom.